The summed E-state index contributed by atoms with van der Waals surface area (Å²) >= 11 is 0. The maximum atomic E-state index is 11.3. The summed E-state index contributed by atoms with van der Waals surface area (Å²) in [6.45, 7) is 7.19. The van der Waals surface area contributed by atoms with Crippen LogP contribution >= 0.6 is 0 Å². The number of nitrogens with one attached hydrogen (secondary N) is 2. The number of rotatable bonds is 7. The molecule has 0 saturated carbocycles. The van der Waals surface area contributed by atoms with Gasteiger partial charge in [0.2, 0.25) is 11.8 Å². The standard InChI is InChI=1S/C12H25N3O2/c1-12(2,3)6-4-5-7-14-11(17)9-15-10(16)8-13/h4-9,13H2,1-3H3,(H,14,17)(H,15,16). The van der Waals surface area contributed by atoms with Crippen molar-refractivity contribution in [1.29, 1.82) is 0 Å². The van der Waals surface area contributed by atoms with E-state index >= 15 is 0 Å². The first-order chi connectivity index (χ1) is 7.85. The molecule has 0 radical (unpaired) electrons. The molecule has 5 nitrogen and oxygen atoms in total. The second-order valence-corrected chi connectivity index (χ2v) is 5.35. The van der Waals surface area contributed by atoms with Crippen LogP contribution in [-0.2, 0) is 9.59 Å². The molecule has 0 aliphatic carbocycles. The highest BCUT2D eigenvalue weighted by Crippen LogP contribution is 2.20. The lowest BCUT2D eigenvalue weighted by molar-refractivity contribution is -0.125. The zero-order valence-corrected chi connectivity index (χ0v) is 11.1. The van der Waals surface area contributed by atoms with Crippen LogP contribution in [-0.4, -0.2) is 31.4 Å². The van der Waals surface area contributed by atoms with Gasteiger partial charge in [-0.1, -0.05) is 27.2 Å². The molecule has 0 spiro atoms. The minimum Gasteiger partial charge on any atom is -0.355 e. The number of hydrogen-bond acceptors (Lipinski definition) is 3. The molecule has 4 N–H and O–H groups in total. The summed E-state index contributed by atoms with van der Waals surface area (Å²) in [4.78, 5) is 22.0. The van der Waals surface area contributed by atoms with Crippen molar-refractivity contribution >= 4 is 11.8 Å². The maximum absolute atomic E-state index is 11.3. The van der Waals surface area contributed by atoms with E-state index in [1.807, 2.05) is 0 Å². The first-order valence-corrected chi connectivity index (χ1v) is 6.08. The van der Waals surface area contributed by atoms with E-state index in [1.54, 1.807) is 0 Å². The van der Waals surface area contributed by atoms with E-state index in [0.717, 1.165) is 19.3 Å². The molecule has 5 heteroatoms. The zero-order chi connectivity index (χ0) is 13.3. The fourth-order valence-corrected chi connectivity index (χ4v) is 1.32. The summed E-state index contributed by atoms with van der Waals surface area (Å²) in [5.41, 5.74) is 5.44. The first kappa shape index (κ1) is 15.9. The van der Waals surface area contributed by atoms with Crippen molar-refractivity contribution in [3.8, 4) is 0 Å². The third-order valence-corrected chi connectivity index (χ3v) is 2.31. The van der Waals surface area contributed by atoms with Crippen molar-refractivity contribution < 1.29 is 9.59 Å². The Hall–Kier alpha value is -1.10. The van der Waals surface area contributed by atoms with Crippen LogP contribution in [0.1, 0.15) is 40.0 Å². The fourth-order valence-electron chi connectivity index (χ4n) is 1.32. The van der Waals surface area contributed by atoms with Crippen LogP contribution < -0.4 is 16.4 Å². The van der Waals surface area contributed by atoms with E-state index in [2.05, 4.69) is 31.4 Å². The van der Waals surface area contributed by atoms with Gasteiger partial charge in [-0.2, -0.15) is 0 Å². The lowest BCUT2D eigenvalue weighted by atomic mass is 9.90. The van der Waals surface area contributed by atoms with Gasteiger partial charge < -0.3 is 16.4 Å². The van der Waals surface area contributed by atoms with Crippen LogP contribution in [0.2, 0.25) is 0 Å². The van der Waals surface area contributed by atoms with Gasteiger partial charge in [-0.05, 0) is 18.3 Å². The van der Waals surface area contributed by atoms with E-state index in [-0.39, 0.29) is 24.9 Å². The van der Waals surface area contributed by atoms with E-state index in [9.17, 15) is 9.59 Å². The molecular weight excluding hydrogens is 218 g/mol. The van der Waals surface area contributed by atoms with E-state index < -0.39 is 0 Å². The van der Waals surface area contributed by atoms with Gasteiger partial charge in [-0.15, -0.1) is 0 Å². The average Bonchev–Trinajstić information content (AvgIpc) is 2.23. The second-order valence-electron chi connectivity index (χ2n) is 5.35. The highest BCUT2D eigenvalue weighted by molar-refractivity contribution is 5.85. The molecular formula is C12H25N3O2. The van der Waals surface area contributed by atoms with E-state index in [0.29, 0.717) is 12.0 Å². The van der Waals surface area contributed by atoms with Crippen molar-refractivity contribution in [3.05, 3.63) is 0 Å². The number of amides is 2. The Morgan fingerprint density at radius 2 is 1.71 bits per heavy atom. The lowest BCUT2D eigenvalue weighted by Gasteiger charge is -2.17. The molecule has 0 aromatic rings. The second kappa shape index (κ2) is 8.06. The summed E-state index contributed by atoms with van der Waals surface area (Å²) in [5.74, 6) is -0.476. The summed E-state index contributed by atoms with van der Waals surface area (Å²) in [6.07, 6.45) is 3.21. The molecule has 0 saturated heterocycles. The predicted molar refractivity (Wildman–Crippen MR) is 68.4 cm³/mol. The van der Waals surface area contributed by atoms with Gasteiger partial charge in [0.25, 0.3) is 0 Å². The first-order valence-electron chi connectivity index (χ1n) is 6.08. The Kier molecular flexibility index (Phi) is 7.54. The molecule has 0 aliphatic heterocycles. The van der Waals surface area contributed by atoms with Gasteiger partial charge in [0.1, 0.15) is 0 Å². The normalized spacial score (nSPS) is 11.1. The summed E-state index contributed by atoms with van der Waals surface area (Å²) in [5, 5.41) is 5.18. The largest absolute Gasteiger partial charge is 0.355 e. The van der Waals surface area contributed by atoms with Crippen LogP contribution in [0.5, 0.6) is 0 Å². The quantitative estimate of drug-likeness (QED) is 0.566. The zero-order valence-electron chi connectivity index (χ0n) is 11.1. The molecule has 0 atom stereocenters. The SMILES string of the molecule is CC(C)(C)CCCCNC(=O)CNC(=O)CN. The third kappa shape index (κ3) is 11.2. The molecule has 0 unspecified atom stereocenters. The smallest absolute Gasteiger partial charge is 0.239 e. The van der Waals surface area contributed by atoms with E-state index in [1.165, 1.54) is 0 Å². The Bertz CT molecular complexity index is 247. The Balaban J connectivity index is 3.43. The van der Waals surface area contributed by atoms with Gasteiger partial charge in [0.15, 0.2) is 0 Å². The molecule has 0 aliphatic rings. The number of carbonyl (C=O) groups is 2. The molecule has 0 rings (SSSR count). The third-order valence-electron chi connectivity index (χ3n) is 2.31. The molecule has 0 fully saturated rings. The van der Waals surface area contributed by atoms with Gasteiger partial charge in [-0.25, -0.2) is 0 Å². The van der Waals surface area contributed by atoms with Crippen LogP contribution in [0.3, 0.4) is 0 Å². The van der Waals surface area contributed by atoms with E-state index in [4.69, 9.17) is 5.73 Å². The monoisotopic (exact) mass is 243 g/mol. The van der Waals surface area contributed by atoms with Crippen molar-refractivity contribution in [3.63, 3.8) is 0 Å². The van der Waals surface area contributed by atoms with Crippen LogP contribution in [0, 0.1) is 5.41 Å². The van der Waals surface area contributed by atoms with Crippen LogP contribution in [0.4, 0.5) is 0 Å². The summed E-state index contributed by atoms with van der Waals surface area (Å²) < 4.78 is 0. The molecule has 2 amide bonds. The highest BCUT2D eigenvalue weighted by Gasteiger charge is 2.09. The fraction of sp³-hybridized carbons (Fsp3) is 0.833. The predicted octanol–water partition coefficient (Wildman–Crippen LogP) is 0.394. The number of unbranched alkanes of at least 4 members (excludes halogenated alkanes) is 1. The Morgan fingerprint density at radius 1 is 1.06 bits per heavy atom. The number of hydrogen-bond donors (Lipinski definition) is 3. The summed E-state index contributed by atoms with van der Waals surface area (Å²) in [6, 6.07) is 0. The number of nitrogens with two attached hydrogens (primary N) is 1. The van der Waals surface area contributed by atoms with Crippen molar-refractivity contribution in [1.82, 2.24) is 10.6 Å². The van der Waals surface area contributed by atoms with Crippen LogP contribution in [0.15, 0.2) is 0 Å². The average molecular weight is 243 g/mol. The maximum Gasteiger partial charge on any atom is 0.239 e. The highest BCUT2D eigenvalue weighted by atomic mass is 16.2. The van der Waals surface area contributed by atoms with Crippen molar-refractivity contribution in [2.75, 3.05) is 19.6 Å². The van der Waals surface area contributed by atoms with Crippen molar-refractivity contribution in [2.24, 2.45) is 11.1 Å². The Labute approximate surface area is 104 Å². The number of carbonyl (C=O) groups excluding carboxylic acids is 2. The lowest BCUT2D eigenvalue weighted by Crippen LogP contribution is -2.39. The van der Waals surface area contributed by atoms with Gasteiger partial charge >= 0.3 is 0 Å². The minimum absolute atomic E-state index is 0.00923. The molecule has 100 valence electrons. The van der Waals surface area contributed by atoms with Crippen LogP contribution in [0.25, 0.3) is 0 Å². The molecule has 0 bridgehead atoms. The molecule has 0 aromatic heterocycles. The van der Waals surface area contributed by atoms with Crippen molar-refractivity contribution in [2.45, 2.75) is 40.0 Å². The van der Waals surface area contributed by atoms with Gasteiger partial charge in [-0.3, -0.25) is 9.59 Å². The summed E-state index contributed by atoms with van der Waals surface area (Å²) in [7, 11) is 0. The van der Waals surface area contributed by atoms with Gasteiger partial charge in [0, 0.05) is 6.54 Å². The Morgan fingerprint density at radius 3 is 2.24 bits per heavy atom. The van der Waals surface area contributed by atoms with Gasteiger partial charge in [0.05, 0.1) is 13.1 Å². The molecule has 0 aromatic carbocycles. The molecule has 17 heavy (non-hydrogen) atoms. The topological polar surface area (TPSA) is 84.2 Å². The minimum atomic E-state index is -0.312. The molecule has 0 heterocycles.